The van der Waals surface area contributed by atoms with E-state index in [1.165, 1.54) is 0 Å². The van der Waals surface area contributed by atoms with Crippen LogP contribution >= 0.6 is 7.37 Å². The molecule has 0 spiro atoms. The number of nitrogens with one attached hydrogen (secondary N) is 1. The second-order valence-electron chi connectivity index (χ2n) is 6.07. The molecular weight excluding hydrogens is 329 g/mol. The van der Waals surface area contributed by atoms with Crippen molar-refractivity contribution in [1.82, 2.24) is 5.32 Å². The van der Waals surface area contributed by atoms with Crippen LogP contribution in [0.5, 0.6) is 0 Å². The molecule has 3 nitrogen and oxygen atoms in total. The lowest BCUT2D eigenvalue weighted by atomic mass is 10.1. The van der Waals surface area contributed by atoms with E-state index in [2.05, 4.69) is 5.32 Å². The van der Waals surface area contributed by atoms with Gasteiger partial charge in [-0.3, -0.25) is 9.88 Å². The molecule has 2 N–H and O–H groups in total. The molecule has 0 radical (unpaired) electrons. The van der Waals surface area contributed by atoms with Gasteiger partial charge in [0.2, 0.25) is 7.37 Å². The second-order valence-corrected chi connectivity index (χ2v) is 8.35. The van der Waals surface area contributed by atoms with Gasteiger partial charge in [0.25, 0.3) is 0 Å². The zero-order valence-electron chi connectivity index (χ0n) is 14.1. The maximum Gasteiger partial charge on any atom is 0.250 e. The van der Waals surface area contributed by atoms with E-state index >= 15 is 0 Å². The highest BCUT2D eigenvalue weighted by Gasteiger charge is 2.35. The zero-order valence-corrected chi connectivity index (χ0v) is 15.0. The summed E-state index contributed by atoms with van der Waals surface area (Å²) in [5, 5.41) is 3.83. The smallest absolute Gasteiger partial charge is 0.250 e. The summed E-state index contributed by atoms with van der Waals surface area (Å²) in [6, 6.07) is 28.2. The largest absolute Gasteiger partial charge is 0.340 e. The molecule has 3 aromatic carbocycles. The second kappa shape index (κ2) is 7.79. The van der Waals surface area contributed by atoms with E-state index in [4.69, 9.17) is 0 Å². The molecule has 0 fully saturated rings. The lowest BCUT2D eigenvalue weighted by Gasteiger charge is -2.28. The zero-order chi connectivity index (χ0) is 17.7. The van der Waals surface area contributed by atoms with E-state index < -0.39 is 13.2 Å². The summed E-state index contributed by atoms with van der Waals surface area (Å²) in [4.78, 5) is 11.0. The number of hydrogen-bond acceptors (Lipinski definition) is 2. The SMILES string of the molecule is C[C@H](NC(c1ccccc1)P(=O)(O)c1ccccc1)c1ccccc1. The Morgan fingerprint density at radius 1 is 0.760 bits per heavy atom. The number of rotatable bonds is 6. The Balaban J connectivity index is 1.98. The van der Waals surface area contributed by atoms with Gasteiger partial charge in [-0.2, -0.15) is 0 Å². The summed E-state index contributed by atoms with van der Waals surface area (Å²) >= 11 is 0. The highest BCUT2D eigenvalue weighted by Crippen LogP contribution is 2.53. The first-order valence-corrected chi connectivity index (χ1v) is 10.1. The molecule has 0 amide bonds. The molecular formula is C21H22NO2P. The Hall–Kier alpha value is -2.19. The van der Waals surface area contributed by atoms with Crippen molar-refractivity contribution in [1.29, 1.82) is 0 Å². The maximum atomic E-state index is 13.4. The molecule has 3 rings (SSSR count). The summed E-state index contributed by atoms with van der Waals surface area (Å²) in [6.45, 7) is 2.01. The van der Waals surface area contributed by atoms with Crippen LogP contribution in [0.15, 0.2) is 91.0 Å². The van der Waals surface area contributed by atoms with Crippen molar-refractivity contribution < 1.29 is 9.46 Å². The van der Waals surface area contributed by atoms with Crippen LogP contribution in [0.4, 0.5) is 0 Å². The normalized spacial score (nSPS) is 15.9. The third kappa shape index (κ3) is 4.08. The van der Waals surface area contributed by atoms with Gasteiger partial charge in [0.05, 0.1) is 0 Å². The van der Waals surface area contributed by atoms with Crippen LogP contribution in [0, 0.1) is 0 Å². The molecule has 3 aromatic rings. The van der Waals surface area contributed by atoms with Gasteiger partial charge < -0.3 is 4.89 Å². The molecule has 4 heteroatoms. The van der Waals surface area contributed by atoms with Crippen LogP contribution in [0.25, 0.3) is 0 Å². The van der Waals surface area contributed by atoms with Crippen LogP contribution in [0.2, 0.25) is 0 Å². The van der Waals surface area contributed by atoms with Crippen LogP contribution < -0.4 is 10.6 Å². The molecule has 0 aliphatic heterocycles. The summed E-state index contributed by atoms with van der Waals surface area (Å²) < 4.78 is 13.4. The fourth-order valence-electron chi connectivity index (χ4n) is 2.90. The van der Waals surface area contributed by atoms with E-state index in [9.17, 15) is 9.46 Å². The lowest BCUT2D eigenvalue weighted by molar-refractivity contribution is 0.445. The molecule has 3 atom stereocenters. The Bertz CT molecular complexity index is 838. The summed E-state index contributed by atoms with van der Waals surface area (Å²) in [5.41, 5.74) is 1.89. The fourth-order valence-corrected chi connectivity index (χ4v) is 4.80. The predicted octanol–water partition coefficient (Wildman–Crippen LogP) is 4.63. The fraction of sp³-hybridized carbons (Fsp3) is 0.143. The Labute approximate surface area is 148 Å². The molecule has 0 saturated carbocycles. The standard InChI is InChI=1S/C21H22NO2P/c1-17(18-11-5-2-6-12-18)22-21(19-13-7-3-8-14-19)25(23,24)20-15-9-4-10-16-20/h2-17,21-22H,1H3,(H,23,24)/t17-,21?/m0/s1. The van der Waals surface area contributed by atoms with E-state index in [1.54, 1.807) is 24.3 Å². The molecule has 0 saturated heterocycles. The van der Waals surface area contributed by atoms with Gasteiger partial charge in [0.1, 0.15) is 5.78 Å². The first kappa shape index (κ1) is 17.6. The van der Waals surface area contributed by atoms with E-state index in [-0.39, 0.29) is 6.04 Å². The van der Waals surface area contributed by atoms with Gasteiger partial charge in [-0.1, -0.05) is 78.9 Å². The third-order valence-electron chi connectivity index (χ3n) is 4.30. The Morgan fingerprint density at radius 3 is 1.72 bits per heavy atom. The maximum absolute atomic E-state index is 13.4. The molecule has 0 aromatic heterocycles. The molecule has 0 aliphatic rings. The highest BCUT2D eigenvalue weighted by molar-refractivity contribution is 7.66. The third-order valence-corrected chi connectivity index (χ3v) is 6.48. The molecule has 2 unspecified atom stereocenters. The highest BCUT2D eigenvalue weighted by atomic mass is 31.2. The molecule has 0 aliphatic carbocycles. The summed E-state index contributed by atoms with van der Waals surface area (Å²) in [7, 11) is -3.66. The first-order chi connectivity index (χ1) is 12.1. The van der Waals surface area contributed by atoms with E-state index in [1.807, 2.05) is 73.7 Å². The first-order valence-electron chi connectivity index (χ1n) is 8.33. The minimum absolute atomic E-state index is 0.0596. The minimum atomic E-state index is -3.66. The van der Waals surface area contributed by atoms with Crippen molar-refractivity contribution in [2.24, 2.45) is 0 Å². The topological polar surface area (TPSA) is 49.3 Å². The van der Waals surface area contributed by atoms with Gasteiger partial charge in [0, 0.05) is 11.3 Å². The number of benzene rings is 3. The molecule has 25 heavy (non-hydrogen) atoms. The monoisotopic (exact) mass is 351 g/mol. The molecule has 0 heterocycles. The van der Waals surface area contributed by atoms with Crippen molar-refractivity contribution >= 4 is 12.7 Å². The van der Waals surface area contributed by atoms with Gasteiger partial charge >= 0.3 is 0 Å². The Kier molecular flexibility index (Phi) is 5.50. The van der Waals surface area contributed by atoms with Crippen molar-refractivity contribution in [2.45, 2.75) is 18.7 Å². The minimum Gasteiger partial charge on any atom is -0.340 e. The van der Waals surface area contributed by atoms with Gasteiger partial charge in [-0.05, 0) is 30.2 Å². The lowest BCUT2D eigenvalue weighted by Crippen LogP contribution is -2.28. The molecule has 0 bridgehead atoms. The Morgan fingerprint density at radius 2 is 1.20 bits per heavy atom. The van der Waals surface area contributed by atoms with Crippen LogP contribution in [-0.4, -0.2) is 4.89 Å². The van der Waals surface area contributed by atoms with Gasteiger partial charge in [-0.25, -0.2) is 0 Å². The van der Waals surface area contributed by atoms with Crippen LogP contribution in [-0.2, 0) is 4.57 Å². The van der Waals surface area contributed by atoms with Crippen molar-refractivity contribution in [2.75, 3.05) is 0 Å². The van der Waals surface area contributed by atoms with Crippen LogP contribution in [0.3, 0.4) is 0 Å². The summed E-state index contributed by atoms with van der Waals surface area (Å²) in [6.07, 6.45) is 0. The van der Waals surface area contributed by atoms with Crippen LogP contribution in [0.1, 0.15) is 29.9 Å². The van der Waals surface area contributed by atoms with E-state index in [0.717, 1.165) is 11.1 Å². The van der Waals surface area contributed by atoms with Crippen molar-refractivity contribution in [3.63, 3.8) is 0 Å². The quantitative estimate of drug-likeness (QED) is 0.637. The van der Waals surface area contributed by atoms with Gasteiger partial charge in [-0.15, -0.1) is 0 Å². The predicted molar refractivity (Wildman–Crippen MR) is 103 cm³/mol. The average molecular weight is 351 g/mol. The number of hydrogen-bond donors (Lipinski definition) is 2. The van der Waals surface area contributed by atoms with Crippen molar-refractivity contribution in [3.05, 3.63) is 102 Å². The van der Waals surface area contributed by atoms with Gasteiger partial charge in [0.15, 0.2) is 0 Å². The summed E-state index contributed by atoms with van der Waals surface area (Å²) in [5.74, 6) is -0.675. The van der Waals surface area contributed by atoms with E-state index in [0.29, 0.717) is 5.30 Å². The molecule has 128 valence electrons. The average Bonchev–Trinajstić information content (AvgIpc) is 2.68. The van der Waals surface area contributed by atoms with Crippen molar-refractivity contribution in [3.8, 4) is 0 Å².